The lowest BCUT2D eigenvalue weighted by molar-refractivity contribution is -0.0346. The van der Waals surface area contributed by atoms with Crippen molar-refractivity contribution >= 4 is 9.05 Å². The van der Waals surface area contributed by atoms with Gasteiger partial charge in [-0.2, -0.15) is 0 Å². The van der Waals surface area contributed by atoms with E-state index in [1.54, 1.807) is 13.8 Å². The first-order valence-electron chi connectivity index (χ1n) is 5.13. The molecule has 5 heteroatoms. The summed E-state index contributed by atoms with van der Waals surface area (Å²) in [4.78, 5) is 9.90. The molecular formula is C9H22O4Si. The van der Waals surface area contributed by atoms with E-state index >= 15 is 0 Å². The Morgan fingerprint density at radius 3 is 1.79 bits per heavy atom. The third kappa shape index (κ3) is 5.07. The molecule has 0 aromatic carbocycles. The highest BCUT2D eigenvalue weighted by Gasteiger charge is 2.42. The lowest BCUT2D eigenvalue weighted by Gasteiger charge is -2.27. The minimum absolute atomic E-state index is 0.0650. The van der Waals surface area contributed by atoms with Crippen molar-refractivity contribution in [1.29, 1.82) is 0 Å². The van der Waals surface area contributed by atoms with Gasteiger partial charge in [0.05, 0.1) is 6.10 Å². The Morgan fingerprint density at radius 2 is 1.50 bits per heavy atom. The second-order valence-corrected chi connectivity index (χ2v) is 5.32. The Kier molecular flexibility index (Phi) is 6.55. The van der Waals surface area contributed by atoms with Crippen LogP contribution in [0.2, 0.25) is 0 Å². The molecule has 0 aromatic heterocycles. The lowest BCUT2D eigenvalue weighted by atomic mass is 10.1. The van der Waals surface area contributed by atoms with Crippen molar-refractivity contribution in [2.45, 2.75) is 40.7 Å². The molecular weight excluding hydrogens is 200 g/mol. The normalized spacial score (nSPS) is 14.8. The highest BCUT2D eigenvalue weighted by Crippen LogP contribution is 2.14. The first kappa shape index (κ1) is 14.1. The zero-order chi connectivity index (χ0) is 11.2. The summed E-state index contributed by atoms with van der Waals surface area (Å²) in [5.41, 5.74) is 0. The Bertz CT molecular complexity index is 146. The van der Waals surface area contributed by atoms with E-state index in [-0.39, 0.29) is 6.10 Å². The third-order valence-electron chi connectivity index (χ3n) is 1.93. The summed E-state index contributed by atoms with van der Waals surface area (Å²) < 4.78 is 15.7. The number of hydrogen-bond donors (Lipinski definition) is 1. The predicted molar refractivity (Wildman–Crippen MR) is 56.6 cm³/mol. The van der Waals surface area contributed by atoms with Crippen LogP contribution < -0.4 is 0 Å². The van der Waals surface area contributed by atoms with Gasteiger partial charge < -0.3 is 18.1 Å². The van der Waals surface area contributed by atoms with Gasteiger partial charge in [-0.15, -0.1) is 0 Å². The van der Waals surface area contributed by atoms with Crippen LogP contribution in [0, 0.1) is 5.92 Å². The van der Waals surface area contributed by atoms with Crippen molar-refractivity contribution in [3.05, 3.63) is 0 Å². The molecule has 1 N–H and O–H groups in total. The van der Waals surface area contributed by atoms with Crippen LogP contribution in [0.3, 0.4) is 0 Å². The summed E-state index contributed by atoms with van der Waals surface area (Å²) in [5.74, 6) is 0.329. The summed E-state index contributed by atoms with van der Waals surface area (Å²) in [6.45, 7) is 10.4. The minimum Gasteiger partial charge on any atom is -0.367 e. The summed E-state index contributed by atoms with van der Waals surface area (Å²) in [6.07, 6.45) is -0.0650. The second-order valence-electron chi connectivity index (χ2n) is 3.46. The standard InChI is InChI=1S/C9H22O4Si/c1-6-11-14(10,12-7-2)13-9(5)8(3)4/h8-10H,6-7H2,1-5H3. The van der Waals surface area contributed by atoms with E-state index in [4.69, 9.17) is 13.3 Å². The molecule has 0 aliphatic heterocycles. The molecule has 0 radical (unpaired) electrons. The number of hydrogen-bond acceptors (Lipinski definition) is 4. The van der Waals surface area contributed by atoms with Gasteiger partial charge in [0, 0.05) is 13.2 Å². The summed E-state index contributed by atoms with van der Waals surface area (Å²) in [6, 6.07) is 0. The van der Waals surface area contributed by atoms with E-state index in [1.807, 2.05) is 20.8 Å². The molecule has 86 valence electrons. The van der Waals surface area contributed by atoms with Crippen molar-refractivity contribution in [2.75, 3.05) is 13.2 Å². The van der Waals surface area contributed by atoms with Crippen LogP contribution >= 0.6 is 0 Å². The maximum Gasteiger partial charge on any atom is 0.677 e. The lowest BCUT2D eigenvalue weighted by Crippen LogP contribution is -2.49. The first-order chi connectivity index (χ1) is 6.45. The molecule has 0 spiro atoms. The molecule has 1 unspecified atom stereocenters. The quantitative estimate of drug-likeness (QED) is 0.664. The largest absolute Gasteiger partial charge is 0.677 e. The fourth-order valence-electron chi connectivity index (χ4n) is 0.846. The Hall–Kier alpha value is 0.0569. The fraction of sp³-hybridized carbons (Fsp3) is 1.00. The molecule has 0 amide bonds. The zero-order valence-electron chi connectivity index (χ0n) is 9.74. The monoisotopic (exact) mass is 222 g/mol. The summed E-state index contributed by atoms with van der Waals surface area (Å²) >= 11 is 0. The first-order valence-corrected chi connectivity index (χ1v) is 6.80. The Balaban J connectivity index is 4.20. The molecule has 0 bridgehead atoms. The molecule has 0 aliphatic rings. The van der Waals surface area contributed by atoms with E-state index in [0.717, 1.165) is 0 Å². The van der Waals surface area contributed by atoms with Crippen LogP contribution in [0.25, 0.3) is 0 Å². The average molecular weight is 222 g/mol. The molecule has 0 heterocycles. The molecule has 0 aromatic rings. The highest BCUT2D eigenvalue weighted by atomic mass is 28.4. The van der Waals surface area contributed by atoms with E-state index in [1.165, 1.54) is 0 Å². The number of rotatable bonds is 7. The zero-order valence-corrected chi connectivity index (χ0v) is 10.7. The van der Waals surface area contributed by atoms with Crippen LogP contribution in [-0.2, 0) is 13.3 Å². The van der Waals surface area contributed by atoms with Crippen LogP contribution in [0.15, 0.2) is 0 Å². The van der Waals surface area contributed by atoms with Crippen LogP contribution in [0.5, 0.6) is 0 Å². The van der Waals surface area contributed by atoms with Gasteiger partial charge in [0.25, 0.3) is 0 Å². The van der Waals surface area contributed by atoms with Crippen LogP contribution in [0.4, 0.5) is 0 Å². The van der Waals surface area contributed by atoms with E-state index in [0.29, 0.717) is 19.1 Å². The van der Waals surface area contributed by atoms with Crippen molar-refractivity contribution in [3.63, 3.8) is 0 Å². The second kappa shape index (κ2) is 6.52. The molecule has 0 aliphatic carbocycles. The maximum absolute atomic E-state index is 9.90. The molecule has 4 nitrogen and oxygen atoms in total. The minimum atomic E-state index is -3.38. The van der Waals surface area contributed by atoms with Gasteiger partial charge in [0.1, 0.15) is 0 Å². The van der Waals surface area contributed by atoms with E-state index in [9.17, 15) is 4.80 Å². The van der Waals surface area contributed by atoms with Crippen LogP contribution in [0.1, 0.15) is 34.6 Å². The van der Waals surface area contributed by atoms with Crippen molar-refractivity contribution < 1.29 is 18.1 Å². The fourth-order valence-corrected chi connectivity index (χ4v) is 2.54. The topological polar surface area (TPSA) is 47.9 Å². The molecule has 0 saturated heterocycles. The maximum atomic E-state index is 9.90. The predicted octanol–water partition coefficient (Wildman–Crippen LogP) is 1.55. The van der Waals surface area contributed by atoms with Crippen molar-refractivity contribution in [1.82, 2.24) is 0 Å². The molecule has 0 rings (SSSR count). The van der Waals surface area contributed by atoms with Gasteiger partial charge in [0.2, 0.25) is 0 Å². The van der Waals surface area contributed by atoms with E-state index < -0.39 is 9.05 Å². The van der Waals surface area contributed by atoms with Gasteiger partial charge in [0.15, 0.2) is 0 Å². The van der Waals surface area contributed by atoms with Gasteiger partial charge >= 0.3 is 9.05 Å². The summed E-state index contributed by atoms with van der Waals surface area (Å²) in [7, 11) is -3.38. The van der Waals surface area contributed by atoms with Gasteiger partial charge in [-0.1, -0.05) is 13.8 Å². The van der Waals surface area contributed by atoms with Crippen LogP contribution in [-0.4, -0.2) is 33.2 Å². The molecule has 0 fully saturated rings. The van der Waals surface area contributed by atoms with Gasteiger partial charge in [-0.3, -0.25) is 0 Å². The third-order valence-corrected chi connectivity index (χ3v) is 3.90. The SMILES string of the molecule is CCO[Si](O)(OCC)OC(C)C(C)C. The Labute approximate surface area is 87.7 Å². The molecule has 1 atom stereocenters. The van der Waals surface area contributed by atoms with Gasteiger partial charge in [-0.05, 0) is 26.7 Å². The smallest absolute Gasteiger partial charge is 0.367 e. The van der Waals surface area contributed by atoms with Crippen molar-refractivity contribution in [3.8, 4) is 0 Å². The summed E-state index contributed by atoms with van der Waals surface area (Å²) in [5, 5.41) is 0. The molecule has 0 saturated carbocycles. The van der Waals surface area contributed by atoms with E-state index in [2.05, 4.69) is 0 Å². The highest BCUT2D eigenvalue weighted by molar-refractivity contribution is 6.51. The van der Waals surface area contributed by atoms with Gasteiger partial charge in [-0.25, -0.2) is 0 Å². The Morgan fingerprint density at radius 1 is 1.07 bits per heavy atom. The molecule has 14 heavy (non-hydrogen) atoms. The average Bonchev–Trinajstić information content (AvgIpc) is 2.04. The van der Waals surface area contributed by atoms with Crippen molar-refractivity contribution in [2.24, 2.45) is 5.92 Å².